The molecule has 0 heterocycles. The van der Waals surface area contributed by atoms with Crippen molar-refractivity contribution < 1.29 is 41.9 Å². The van der Waals surface area contributed by atoms with Crippen molar-refractivity contribution in [1.29, 1.82) is 0 Å². The highest BCUT2D eigenvalue weighted by molar-refractivity contribution is 6.30. The number of hydrogen-bond donors (Lipinski definition) is 3. The first kappa shape index (κ1) is 28.0. The molecule has 9 N–H and O–H groups in total. The molecule has 2 aromatic carbocycles. The Balaban J connectivity index is 0. The molecule has 0 aromatic heterocycles. The van der Waals surface area contributed by atoms with Crippen LogP contribution in [0.1, 0.15) is 17.5 Å². The lowest BCUT2D eigenvalue weighted by atomic mass is 10.2. The third-order valence-corrected chi connectivity index (χ3v) is 3.54. The molecule has 2 rings (SSSR count). The van der Waals surface area contributed by atoms with Crippen molar-refractivity contribution in [3.05, 3.63) is 69.7 Å². The second-order valence-corrected chi connectivity index (χ2v) is 6.04. The van der Waals surface area contributed by atoms with Gasteiger partial charge >= 0.3 is 0 Å². The minimum atomic E-state index is -1.96. The van der Waals surface area contributed by atoms with Crippen LogP contribution in [-0.2, 0) is 22.7 Å². The summed E-state index contributed by atoms with van der Waals surface area (Å²) in [6.45, 7) is 1.66. The average molecular weight is 435 g/mol. The number of carbonyl (C=O) groups is 2. The summed E-state index contributed by atoms with van der Waals surface area (Å²) >= 11 is 11.3. The molecule has 8 nitrogen and oxygen atoms in total. The summed E-state index contributed by atoms with van der Waals surface area (Å²) < 4.78 is 0. The van der Waals surface area contributed by atoms with Crippen LogP contribution in [0.3, 0.4) is 0 Å². The quantitative estimate of drug-likeness (QED) is 0.470. The van der Waals surface area contributed by atoms with Crippen LogP contribution < -0.4 is 21.7 Å². The number of halogens is 2. The van der Waals surface area contributed by atoms with Gasteiger partial charge in [0, 0.05) is 33.6 Å². The summed E-state index contributed by atoms with van der Waals surface area (Å²) in [5.74, 6) is -3.43. The van der Waals surface area contributed by atoms with Gasteiger partial charge in [-0.05, 0) is 24.3 Å². The van der Waals surface area contributed by atoms with Crippen molar-refractivity contribution in [2.45, 2.75) is 25.6 Å². The number of carboxylic acid groups (broad SMARTS) is 2. The summed E-state index contributed by atoms with van der Waals surface area (Å²) in [5, 5.41) is 28.9. The first-order valence-corrected chi connectivity index (χ1v) is 8.61. The van der Waals surface area contributed by atoms with E-state index in [1.807, 2.05) is 48.5 Å². The van der Waals surface area contributed by atoms with Gasteiger partial charge in [0.1, 0.15) is 0 Å². The Morgan fingerprint density at radius 2 is 1.18 bits per heavy atom. The highest BCUT2D eigenvalue weighted by Crippen LogP contribution is 2.08. The minimum absolute atomic E-state index is 0. The first-order valence-electron chi connectivity index (χ1n) is 7.85. The van der Waals surface area contributed by atoms with Crippen LogP contribution >= 0.6 is 23.2 Å². The molecule has 28 heavy (non-hydrogen) atoms. The highest BCUT2D eigenvalue weighted by atomic mass is 35.5. The van der Waals surface area contributed by atoms with Crippen molar-refractivity contribution in [2.75, 3.05) is 0 Å². The van der Waals surface area contributed by atoms with E-state index in [2.05, 4.69) is 11.5 Å². The standard InChI is InChI=1S/2C7H8ClN.C4H6O5.H2O/c2*8-7-3-1-6(5-9)2-4-7;5-2(4(8)9)1-3(6)7;/h2*1-4H,5,9H2;2,5H,1H2,(H,6,7)(H,8,9);1H2/t;;2-;/m..0./s1. The molecule has 0 spiro atoms. The normalized spacial score (nSPS) is 10.2. The third kappa shape index (κ3) is 13.9. The number of quaternary nitrogens is 2. The number of hydrogen-bond acceptors (Lipinski definition) is 5. The number of benzene rings is 2. The Morgan fingerprint density at radius 3 is 1.36 bits per heavy atom. The van der Waals surface area contributed by atoms with E-state index in [4.69, 9.17) is 28.3 Å². The van der Waals surface area contributed by atoms with Gasteiger partial charge in [0.2, 0.25) is 0 Å². The van der Waals surface area contributed by atoms with Gasteiger partial charge in [-0.1, -0.05) is 47.5 Å². The topological polar surface area (TPSA) is 187 Å². The molecule has 0 saturated carbocycles. The van der Waals surface area contributed by atoms with E-state index in [9.17, 15) is 19.8 Å². The van der Waals surface area contributed by atoms with E-state index in [1.54, 1.807) is 0 Å². The fourth-order valence-corrected chi connectivity index (χ4v) is 1.80. The Hall–Kier alpha value is -2.20. The van der Waals surface area contributed by atoms with Crippen LogP contribution in [0.25, 0.3) is 0 Å². The maximum Gasteiger partial charge on any atom is 0.0997 e. The average Bonchev–Trinajstić information content (AvgIpc) is 2.63. The Labute approximate surface area is 172 Å². The molecule has 0 saturated heterocycles. The van der Waals surface area contributed by atoms with E-state index < -0.39 is 24.5 Å². The molecule has 1 atom stereocenters. The lowest BCUT2D eigenvalue weighted by molar-refractivity contribution is -0.386. The molecule has 0 bridgehead atoms. The molecule has 10 heteroatoms. The molecule has 0 amide bonds. The molecule has 0 aliphatic rings. The molecule has 0 aliphatic carbocycles. The van der Waals surface area contributed by atoms with Gasteiger partial charge < -0.3 is 41.9 Å². The fraction of sp³-hybridized carbons (Fsp3) is 0.222. The van der Waals surface area contributed by atoms with Crippen molar-refractivity contribution in [3.8, 4) is 0 Å². The van der Waals surface area contributed by atoms with Crippen LogP contribution in [0.5, 0.6) is 0 Å². The van der Waals surface area contributed by atoms with Gasteiger partial charge in [-0.25, -0.2) is 0 Å². The number of carbonyl (C=O) groups excluding carboxylic acids is 2. The number of aliphatic carboxylic acids is 2. The highest BCUT2D eigenvalue weighted by Gasteiger charge is 2.03. The first-order chi connectivity index (χ1) is 12.7. The molecule has 0 fully saturated rings. The van der Waals surface area contributed by atoms with Crippen LogP contribution in [0, 0.1) is 0 Å². The molecular formula is C18H24Cl2N2O6. The SMILES string of the molecule is O.O=C([O-])C[C@H](O)C(=O)[O-].[NH3+]Cc1ccc(Cl)cc1.[NH3+]Cc1ccc(Cl)cc1. The van der Waals surface area contributed by atoms with Gasteiger partial charge in [-0.3, -0.25) is 0 Å². The number of aliphatic hydroxyl groups excluding tert-OH is 1. The number of rotatable bonds is 5. The smallest absolute Gasteiger partial charge is 0.0997 e. The third-order valence-electron chi connectivity index (χ3n) is 3.04. The zero-order valence-electron chi connectivity index (χ0n) is 15.1. The lowest BCUT2D eigenvalue weighted by Crippen LogP contribution is -2.47. The summed E-state index contributed by atoms with van der Waals surface area (Å²) in [7, 11) is 0. The Morgan fingerprint density at radius 1 is 0.857 bits per heavy atom. The van der Waals surface area contributed by atoms with Gasteiger partial charge in [0.05, 0.1) is 25.2 Å². The predicted octanol–water partition coefficient (Wildman–Crippen LogP) is -2.42. The Kier molecular flexibility index (Phi) is 15.8. The van der Waals surface area contributed by atoms with Crippen molar-refractivity contribution in [1.82, 2.24) is 0 Å². The molecule has 0 radical (unpaired) electrons. The molecule has 156 valence electrons. The van der Waals surface area contributed by atoms with Crippen LogP contribution in [0.2, 0.25) is 10.0 Å². The van der Waals surface area contributed by atoms with Gasteiger partial charge in [-0.15, -0.1) is 0 Å². The fourth-order valence-electron chi connectivity index (χ4n) is 1.54. The summed E-state index contributed by atoms with van der Waals surface area (Å²) in [6.07, 6.45) is -2.89. The van der Waals surface area contributed by atoms with E-state index in [0.29, 0.717) is 0 Å². The van der Waals surface area contributed by atoms with Gasteiger partial charge in [0.25, 0.3) is 0 Å². The second-order valence-electron chi connectivity index (χ2n) is 5.16. The largest absolute Gasteiger partial charge is 0.550 e. The summed E-state index contributed by atoms with van der Waals surface area (Å²) in [6, 6.07) is 15.4. The van der Waals surface area contributed by atoms with E-state index in [-0.39, 0.29) is 5.48 Å². The summed E-state index contributed by atoms with van der Waals surface area (Å²) in [5.41, 5.74) is 9.93. The van der Waals surface area contributed by atoms with Crippen LogP contribution in [0.4, 0.5) is 0 Å². The minimum Gasteiger partial charge on any atom is -0.550 e. The molecule has 0 unspecified atom stereocenters. The van der Waals surface area contributed by atoms with Crippen molar-refractivity contribution in [3.63, 3.8) is 0 Å². The van der Waals surface area contributed by atoms with Crippen LogP contribution in [0.15, 0.2) is 48.5 Å². The summed E-state index contributed by atoms with van der Waals surface area (Å²) in [4.78, 5) is 19.1. The second kappa shape index (κ2) is 15.8. The van der Waals surface area contributed by atoms with E-state index in [1.165, 1.54) is 11.1 Å². The Bertz CT molecular complexity index is 651. The van der Waals surface area contributed by atoms with Crippen molar-refractivity contribution >= 4 is 35.1 Å². The van der Waals surface area contributed by atoms with Crippen LogP contribution in [-0.4, -0.2) is 28.6 Å². The van der Waals surface area contributed by atoms with E-state index in [0.717, 1.165) is 23.1 Å². The van der Waals surface area contributed by atoms with Crippen molar-refractivity contribution in [2.24, 2.45) is 0 Å². The van der Waals surface area contributed by atoms with E-state index >= 15 is 0 Å². The lowest BCUT2D eigenvalue weighted by Gasteiger charge is -2.10. The number of carboxylic acids is 2. The van der Waals surface area contributed by atoms with Gasteiger partial charge in [-0.2, -0.15) is 0 Å². The molecule has 2 aromatic rings. The molecular weight excluding hydrogens is 411 g/mol. The zero-order valence-corrected chi connectivity index (χ0v) is 16.6. The zero-order chi connectivity index (χ0) is 20.8. The maximum atomic E-state index is 9.58. The monoisotopic (exact) mass is 434 g/mol. The number of aliphatic hydroxyl groups is 1. The molecule has 0 aliphatic heterocycles. The predicted molar refractivity (Wildman–Crippen MR) is 100 cm³/mol. The maximum absolute atomic E-state index is 9.58. The van der Waals surface area contributed by atoms with Gasteiger partial charge in [0.15, 0.2) is 0 Å².